The minimum absolute atomic E-state index is 0.110. The zero-order chi connectivity index (χ0) is 26.2. The lowest BCUT2D eigenvalue weighted by Crippen LogP contribution is -2.53. The fourth-order valence-electron chi connectivity index (χ4n) is 3.67. The van der Waals surface area contributed by atoms with E-state index in [4.69, 9.17) is 9.47 Å². The molecule has 1 atom stereocenters. The van der Waals surface area contributed by atoms with Gasteiger partial charge >= 0.3 is 0 Å². The molecule has 2 aromatic rings. The number of ether oxygens (including phenoxy) is 2. The Labute approximate surface area is 208 Å². The quantitative estimate of drug-likeness (QED) is 0.476. The topological polar surface area (TPSA) is 105 Å². The average molecular weight is 506 g/mol. The molecule has 0 saturated carbocycles. The number of hydrogen-bond acceptors (Lipinski definition) is 6. The smallest absolute Gasteiger partial charge is 0.244 e. The van der Waals surface area contributed by atoms with Gasteiger partial charge in [-0.15, -0.1) is 0 Å². The van der Waals surface area contributed by atoms with Crippen LogP contribution in [0.4, 0.5) is 5.69 Å². The number of carbonyl (C=O) groups is 2. The maximum atomic E-state index is 13.7. The van der Waals surface area contributed by atoms with Crippen LogP contribution in [0.15, 0.2) is 48.5 Å². The van der Waals surface area contributed by atoms with Gasteiger partial charge in [0.2, 0.25) is 21.8 Å². The van der Waals surface area contributed by atoms with Crippen LogP contribution in [0.3, 0.4) is 0 Å². The summed E-state index contributed by atoms with van der Waals surface area (Å²) in [6, 6.07) is 13.0. The van der Waals surface area contributed by atoms with Crippen LogP contribution >= 0.6 is 0 Å². The summed E-state index contributed by atoms with van der Waals surface area (Å²) >= 11 is 0. The first-order valence-corrected chi connectivity index (χ1v) is 13.2. The zero-order valence-electron chi connectivity index (χ0n) is 21.1. The van der Waals surface area contributed by atoms with E-state index in [1.165, 1.54) is 25.2 Å². The number of sulfonamides is 1. The minimum atomic E-state index is -3.88. The normalized spacial score (nSPS) is 12.1. The lowest BCUT2D eigenvalue weighted by molar-refractivity contribution is -0.140. The Balaban J connectivity index is 2.49. The molecule has 9 nitrogen and oxygen atoms in total. The van der Waals surface area contributed by atoms with E-state index >= 15 is 0 Å². The molecular weight excluding hydrogens is 470 g/mol. The third-order valence-corrected chi connectivity index (χ3v) is 6.47. The monoisotopic (exact) mass is 505 g/mol. The van der Waals surface area contributed by atoms with Gasteiger partial charge in [-0.2, -0.15) is 0 Å². The molecule has 0 heterocycles. The molecule has 0 aromatic heterocycles. The fourth-order valence-corrected chi connectivity index (χ4v) is 4.52. The second-order valence-corrected chi connectivity index (χ2v) is 10.3. The highest BCUT2D eigenvalue weighted by Crippen LogP contribution is 2.33. The number of rotatable bonds is 12. The summed E-state index contributed by atoms with van der Waals surface area (Å²) in [5.74, 6) is -0.0862. The molecule has 0 aliphatic rings. The number of methoxy groups -OCH3 is 2. The summed E-state index contributed by atoms with van der Waals surface area (Å²) in [6.45, 7) is 5.15. The van der Waals surface area contributed by atoms with Crippen molar-refractivity contribution in [2.45, 2.75) is 45.8 Å². The van der Waals surface area contributed by atoms with E-state index in [1.807, 2.05) is 51.1 Å². The van der Waals surface area contributed by atoms with Crippen molar-refractivity contribution < 1.29 is 27.5 Å². The predicted octanol–water partition coefficient (Wildman–Crippen LogP) is 2.80. The van der Waals surface area contributed by atoms with Crippen LogP contribution in [0.2, 0.25) is 0 Å². The fraction of sp³-hybridized carbons (Fsp3) is 0.440. The van der Waals surface area contributed by atoms with Crippen LogP contribution in [0.5, 0.6) is 11.5 Å². The van der Waals surface area contributed by atoms with Crippen molar-refractivity contribution in [3.8, 4) is 11.5 Å². The first-order chi connectivity index (χ1) is 16.5. The Kier molecular flexibility index (Phi) is 9.94. The highest BCUT2D eigenvalue weighted by molar-refractivity contribution is 7.92. The van der Waals surface area contributed by atoms with E-state index < -0.39 is 28.5 Å². The van der Waals surface area contributed by atoms with E-state index in [-0.39, 0.29) is 29.9 Å². The lowest BCUT2D eigenvalue weighted by atomic mass is 10.1. The largest absolute Gasteiger partial charge is 0.497 e. The first-order valence-electron chi connectivity index (χ1n) is 11.3. The van der Waals surface area contributed by atoms with E-state index in [1.54, 1.807) is 12.1 Å². The van der Waals surface area contributed by atoms with Crippen molar-refractivity contribution >= 4 is 27.5 Å². The number of benzene rings is 2. The van der Waals surface area contributed by atoms with Gasteiger partial charge in [0.1, 0.15) is 24.1 Å². The lowest BCUT2D eigenvalue weighted by Gasteiger charge is -2.33. The van der Waals surface area contributed by atoms with Crippen molar-refractivity contribution in [3.05, 3.63) is 54.1 Å². The molecule has 0 unspecified atom stereocenters. The molecule has 2 rings (SSSR count). The van der Waals surface area contributed by atoms with Crippen LogP contribution in [-0.2, 0) is 26.2 Å². The maximum absolute atomic E-state index is 13.7. The van der Waals surface area contributed by atoms with Crippen molar-refractivity contribution in [2.75, 3.05) is 31.3 Å². The van der Waals surface area contributed by atoms with E-state index in [2.05, 4.69) is 5.32 Å². The Morgan fingerprint density at radius 2 is 1.69 bits per heavy atom. The van der Waals surface area contributed by atoms with E-state index in [0.717, 1.165) is 16.1 Å². The SMILES string of the molecule is CC[C@H](C(=O)NC(C)C)N(Cc1ccccc1)C(=O)CN(c1ccc(OC)cc1OC)S(C)(=O)=O. The van der Waals surface area contributed by atoms with E-state index in [0.29, 0.717) is 12.2 Å². The summed E-state index contributed by atoms with van der Waals surface area (Å²) in [5.41, 5.74) is 1.02. The molecular formula is C25H35N3O6S. The first kappa shape index (κ1) is 28.0. The molecule has 0 saturated heterocycles. The van der Waals surface area contributed by atoms with Gasteiger partial charge in [-0.25, -0.2) is 8.42 Å². The highest BCUT2D eigenvalue weighted by atomic mass is 32.2. The molecule has 2 amide bonds. The average Bonchev–Trinajstić information content (AvgIpc) is 2.81. The van der Waals surface area contributed by atoms with Gasteiger partial charge in [0.25, 0.3) is 0 Å². The van der Waals surface area contributed by atoms with Crippen LogP contribution in [0, 0.1) is 0 Å². The van der Waals surface area contributed by atoms with Gasteiger partial charge < -0.3 is 19.7 Å². The molecule has 0 radical (unpaired) electrons. The summed E-state index contributed by atoms with van der Waals surface area (Å²) in [5, 5.41) is 2.86. The molecule has 1 N–H and O–H groups in total. The van der Waals surface area contributed by atoms with Crippen LogP contribution < -0.4 is 19.1 Å². The molecule has 0 aliphatic carbocycles. The number of nitrogens with one attached hydrogen (secondary N) is 1. The van der Waals surface area contributed by atoms with E-state index in [9.17, 15) is 18.0 Å². The van der Waals surface area contributed by atoms with Crippen LogP contribution in [0.25, 0.3) is 0 Å². The van der Waals surface area contributed by atoms with Crippen molar-refractivity contribution in [3.63, 3.8) is 0 Å². The minimum Gasteiger partial charge on any atom is -0.497 e. The Morgan fingerprint density at radius 1 is 1.03 bits per heavy atom. The Bertz CT molecular complexity index is 1110. The molecule has 0 fully saturated rings. The molecule has 0 bridgehead atoms. The van der Waals surface area contributed by atoms with Gasteiger partial charge in [-0.1, -0.05) is 37.3 Å². The second-order valence-electron chi connectivity index (χ2n) is 8.40. The molecule has 0 spiro atoms. The molecule has 192 valence electrons. The predicted molar refractivity (Wildman–Crippen MR) is 136 cm³/mol. The highest BCUT2D eigenvalue weighted by Gasteiger charge is 2.32. The number of nitrogens with zero attached hydrogens (tertiary/aromatic N) is 2. The number of anilines is 1. The van der Waals surface area contributed by atoms with Gasteiger partial charge in [-0.05, 0) is 38.0 Å². The van der Waals surface area contributed by atoms with Gasteiger partial charge in [0, 0.05) is 18.7 Å². The molecule has 35 heavy (non-hydrogen) atoms. The number of carbonyl (C=O) groups excluding carboxylic acids is 2. The Morgan fingerprint density at radius 3 is 2.20 bits per heavy atom. The number of hydrogen-bond donors (Lipinski definition) is 1. The molecule has 2 aromatic carbocycles. The third-order valence-electron chi connectivity index (χ3n) is 5.35. The summed E-state index contributed by atoms with van der Waals surface area (Å²) in [7, 11) is -0.983. The van der Waals surface area contributed by atoms with Gasteiger partial charge in [0.05, 0.1) is 26.2 Å². The zero-order valence-corrected chi connectivity index (χ0v) is 22.0. The molecule has 0 aliphatic heterocycles. The maximum Gasteiger partial charge on any atom is 0.244 e. The van der Waals surface area contributed by atoms with Crippen molar-refractivity contribution in [2.24, 2.45) is 0 Å². The Hall–Kier alpha value is -3.27. The van der Waals surface area contributed by atoms with Gasteiger partial charge in [0.15, 0.2) is 0 Å². The van der Waals surface area contributed by atoms with Crippen molar-refractivity contribution in [1.82, 2.24) is 10.2 Å². The summed E-state index contributed by atoms with van der Waals surface area (Å²) < 4.78 is 37.1. The van der Waals surface area contributed by atoms with Gasteiger partial charge in [-0.3, -0.25) is 13.9 Å². The standard InChI is InChI=1S/C25H35N3O6S/c1-7-21(25(30)26-18(2)3)27(16-19-11-9-8-10-12-19)24(29)17-28(35(6,31)32)22-14-13-20(33-4)15-23(22)34-5/h8-15,18,21H,7,16-17H2,1-6H3,(H,26,30)/t21-/m1/s1. The van der Waals surface area contributed by atoms with Crippen LogP contribution in [0.1, 0.15) is 32.8 Å². The summed E-state index contributed by atoms with van der Waals surface area (Å²) in [6.07, 6.45) is 1.39. The summed E-state index contributed by atoms with van der Waals surface area (Å²) in [4.78, 5) is 28.1. The van der Waals surface area contributed by atoms with Crippen molar-refractivity contribution in [1.29, 1.82) is 0 Å². The molecule has 10 heteroatoms. The number of amides is 2. The van der Waals surface area contributed by atoms with Crippen LogP contribution in [-0.4, -0.2) is 64.2 Å². The second kappa shape index (κ2) is 12.4. The third kappa shape index (κ3) is 7.61.